The molecule has 0 aliphatic carbocycles. The molecule has 0 bridgehead atoms. The van der Waals surface area contributed by atoms with Gasteiger partial charge in [-0.2, -0.15) is 0 Å². The van der Waals surface area contributed by atoms with E-state index >= 15 is 0 Å². The number of carboxylic acid groups (broad SMARTS) is 1. The van der Waals surface area contributed by atoms with Gasteiger partial charge in [0.05, 0.1) is 19.4 Å². The van der Waals surface area contributed by atoms with Gasteiger partial charge < -0.3 is 29.3 Å². The van der Waals surface area contributed by atoms with E-state index in [4.69, 9.17) is 25.8 Å². The molecule has 0 aromatic heterocycles. The molecular weight excluding hydrogens is 646 g/mol. The normalized spacial score (nSPS) is 22.6. The Bertz CT molecular complexity index is 1500. The molecule has 264 valence electrons. The van der Waals surface area contributed by atoms with E-state index in [9.17, 15) is 24.6 Å². The summed E-state index contributed by atoms with van der Waals surface area (Å²) in [7, 11) is 0. The van der Waals surface area contributed by atoms with Crippen LogP contribution < -0.4 is 4.74 Å². The van der Waals surface area contributed by atoms with Crippen LogP contribution in [0.5, 0.6) is 5.75 Å². The minimum Gasteiger partial charge on any atom is -0.494 e. The topological polar surface area (TPSA) is 123 Å². The highest BCUT2D eigenvalue weighted by Gasteiger charge is 2.64. The first-order valence-electron chi connectivity index (χ1n) is 17.2. The lowest BCUT2D eigenvalue weighted by Gasteiger charge is -2.48. The lowest BCUT2D eigenvalue weighted by Crippen LogP contribution is -2.58. The van der Waals surface area contributed by atoms with Crippen molar-refractivity contribution in [2.24, 2.45) is 0 Å². The summed E-state index contributed by atoms with van der Waals surface area (Å²) in [5.41, 5.74) is -3.66. The summed E-state index contributed by atoms with van der Waals surface area (Å²) in [5.74, 6) is -3.29. The lowest BCUT2D eigenvalue weighted by atomic mass is 9.77. The summed E-state index contributed by atoms with van der Waals surface area (Å²) >= 11 is 7.42. The Labute approximate surface area is 294 Å². The number of aliphatic carboxylic acids is 1. The number of rotatable bonds is 18. The Morgan fingerprint density at radius 1 is 0.776 bits per heavy atom. The Balaban J connectivity index is 1.55. The van der Waals surface area contributed by atoms with Crippen LogP contribution in [0.15, 0.2) is 84.9 Å². The number of carbonyl (C=O) groups is 3. The van der Waals surface area contributed by atoms with Crippen LogP contribution in [0.4, 0.5) is 0 Å². The SMILES string of the molecule is CCN(CC)CCCCCCCCCOc1ccc(C2(c3ccccc3)OC(=O)CC(O)(CC(=O)O)C(=O)OC2(Cl)c2ccccc2)cc1. The third kappa shape index (κ3) is 9.21. The van der Waals surface area contributed by atoms with Gasteiger partial charge in [-0.15, -0.1) is 0 Å². The lowest BCUT2D eigenvalue weighted by molar-refractivity contribution is -0.219. The van der Waals surface area contributed by atoms with Crippen LogP contribution in [0, 0.1) is 0 Å². The molecule has 1 heterocycles. The number of aliphatic hydroxyl groups is 1. The van der Waals surface area contributed by atoms with Crippen LogP contribution in [0.1, 0.15) is 88.3 Å². The summed E-state index contributed by atoms with van der Waals surface area (Å²) < 4.78 is 18.2. The van der Waals surface area contributed by atoms with Gasteiger partial charge in [-0.3, -0.25) is 9.59 Å². The molecule has 1 aliphatic heterocycles. The molecule has 0 saturated carbocycles. The van der Waals surface area contributed by atoms with E-state index in [1.54, 1.807) is 84.9 Å². The molecule has 2 N–H and O–H groups in total. The molecule has 3 unspecified atom stereocenters. The molecule has 0 radical (unpaired) electrons. The molecular formula is C39H48ClNO8. The highest BCUT2D eigenvalue weighted by atomic mass is 35.5. The molecule has 49 heavy (non-hydrogen) atoms. The van der Waals surface area contributed by atoms with E-state index in [0.717, 1.165) is 32.4 Å². The number of halogens is 1. The second-order valence-electron chi connectivity index (χ2n) is 12.5. The monoisotopic (exact) mass is 693 g/mol. The van der Waals surface area contributed by atoms with E-state index in [0.29, 0.717) is 23.5 Å². The molecule has 10 heteroatoms. The van der Waals surface area contributed by atoms with E-state index < -0.39 is 47.0 Å². The fourth-order valence-electron chi connectivity index (χ4n) is 6.34. The van der Waals surface area contributed by atoms with Crippen molar-refractivity contribution in [3.05, 3.63) is 102 Å². The smallest absolute Gasteiger partial charge is 0.341 e. The van der Waals surface area contributed by atoms with Crippen LogP contribution in [0.25, 0.3) is 0 Å². The number of benzene rings is 3. The van der Waals surface area contributed by atoms with Gasteiger partial charge >= 0.3 is 17.9 Å². The quantitative estimate of drug-likeness (QED) is 0.0811. The second-order valence-corrected chi connectivity index (χ2v) is 13.1. The zero-order valence-electron chi connectivity index (χ0n) is 28.4. The molecule has 1 fully saturated rings. The Morgan fingerprint density at radius 3 is 1.88 bits per heavy atom. The Kier molecular flexibility index (Phi) is 13.6. The Morgan fingerprint density at radius 2 is 1.31 bits per heavy atom. The van der Waals surface area contributed by atoms with Gasteiger partial charge in [0.2, 0.25) is 5.60 Å². The average Bonchev–Trinajstić information content (AvgIpc) is 3.10. The zero-order chi connectivity index (χ0) is 35.3. The van der Waals surface area contributed by atoms with Crippen molar-refractivity contribution in [3.63, 3.8) is 0 Å². The second kappa shape index (κ2) is 17.7. The van der Waals surface area contributed by atoms with Gasteiger partial charge in [0.1, 0.15) is 5.75 Å². The van der Waals surface area contributed by atoms with Gasteiger partial charge in [-0.05, 0) is 44.6 Å². The number of unbranched alkanes of at least 4 members (excludes halogenated alkanes) is 6. The zero-order valence-corrected chi connectivity index (χ0v) is 29.2. The molecule has 4 rings (SSSR count). The van der Waals surface area contributed by atoms with E-state index in [1.165, 1.54) is 32.2 Å². The first-order chi connectivity index (χ1) is 23.6. The molecule has 1 saturated heterocycles. The first kappa shape index (κ1) is 37.9. The van der Waals surface area contributed by atoms with E-state index in [2.05, 4.69) is 18.7 Å². The number of hydrogen-bond donors (Lipinski definition) is 2. The third-order valence-electron chi connectivity index (χ3n) is 9.08. The number of carbonyl (C=O) groups excluding carboxylic acids is 2. The van der Waals surface area contributed by atoms with Crippen LogP contribution in [0.2, 0.25) is 0 Å². The maximum atomic E-state index is 13.6. The van der Waals surface area contributed by atoms with Crippen LogP contribution in [0.3, 0.4) is 0 Å². The standard InChI is InChI=1S/C39H48ClNO8/c1-3-41(4-2)26-16-8-6-5-7-9-17-27-47-33-24-22-31(23-25-33)38(30-18-12-10-13-19-30)39(40,32-20-14-11-15-21-32)49-36(45)37(46,28-34(42)43)29-35(44)48-38/h10-15,18-25,46H,3-9,16-17,26-29H2,1-2H3,(H,42,43). The fraction of sp³-hybridized carbons (Fsp3) is 0.462. The van der Waals surface area contributed by atoms with E-state index in [1.807, 2.05) is 0 Å². The third-order valence-corrected chi connectivity index (χ3v) is 9.64. The maximum Gasteiger partial charge on any atom is 0.341 e. The van der Waals surface area contributed by atoms with Crippen molar-refractivity contribution in [1.82, 2.24) is 4.90 Å². The van der Waals surface area contributed by atoms with Gasteiger partial charge in [0, 0.05) is 16.7 Å². The molecule has 3 aromatic carbocycles. The summed E-state index contributed by atoms with van der Waals surface area (Å²) in [6.45, 7) is 8.35. The predicted molar refractivity (Wildman–Crippen MR) is 187 cm³/mol. The summed E-state index contributed by atoms with van der Waals surface area (Å²) in [6.07, 6.45) is 6.09. The number of ether oxygens (including phenoxy) is 3. The molecule has 9 nitrogen and oxygen atoms in total. The average molecular weight is 694 g/mol. The molecule has 0 amide bonds. The van der Waals surface area contributed by atoms with Gasteiger partial charge in [-0.1, -0.05) is 130 Å². The van der Waals surface area contributed by atoms with Crippen molar-refractivity contribution in [2.75, 3.05) is 26.2 Å². The molecule has 3 aromatic rings. The van der Waals surface area contributed by atoms with Gasteiger partial charge in [-0.25, -0.2) is 4.79 Å². The summed E-state index contributed by atoms with van der Waals surface area (Å²) in [6, 6.07) is 23.8. The number of nitrogens with zero attached hydrogens (tertiary/aromatic N) is 1. The Hall–Kier alpha value is -3.92. The number of hydrogen-bond acceptors (Lipinski definition) is 8. The van der Waals surface area contributed by atoms with Crippen molar-refractivity contribution in [1.29, 1.82) is 0 Å². The number of carboxylic acids is 1. The van der Waals surface area contributed by atoms with Gasteiger partial charge in [0.25, 0.3) is 5.06 Å². The van der Waals surface area contributed by atoms with Crippen LogP contribution in [-0.4, -0.2) is 64.9 Å². The summed E-state index contributed by atoms with van der Waals surface area (Å²) in [4.78, 5) is 41.3. The fourth-order valence-corrected chi connectivity index (χ4v) is 6.80. The van der Waals surface area contributed by atoms with Crippen molar-refractivity contribution < 1.29 is 38.8 Å². The molecule has 0 spiro atoms. The van der Waals surface area contributed by atoms with Crippen LogP contribution in [-0.2, 0) is 34.5 Å². The highest BCUT2D eigenvalue weighted by Crippen LogP contribution is 2.55. The van der Waals surface area contributed by atoms with Gasteiger partial charge in [0.15, 0.2) is 5.60 Å². The minimum atomic E-state index is -2.70. The van der Waals surface area contributed by atoms with Crippen molar-refractivity contribution in [3.8, 4) is 5.75 Å². The maximum absolute atomic E-state index is 13.6. The number of esters is 2. The highest BCUT2D eigenvalue weighted by molar-refractivity contribution is 6.25. The predicted octanol–water partition coefficient (Wildman–Crippen LogP) is 7.17. The number of cyclic esters (lactones) is 2. The summed E-state index contributed by atoms with van der Waals surface area (Å²) in [5, 5.41) is 18.3. The molecule has 1 aliphatic rings. The largest absolute Gasteiger partial charge is 0.494 e. The number of alkyl halides is 1. The van der Waals surface area contributed by atoms with E-state index in [-0.39, 0.29) is 5.56 Å². The first-order valence-corrected chi connectivity index (χ1v) is 17.6. The van der Waals surface area contributed by atoms with Crippen LogP contribution >= 0.6 is 11.6 Å². The molecule has 3 atom stereocenters. The van der Waals surface area contributed by atoms with Crippen molar-refractivity contribution in [2.45, 2.75) is 87.9 Å². The minimum absolute atomic E-state index is 0.241. The van der Waals surface area contributed by atoms with Crippen molar-refractivity contribution >= 4 is 29.5 Å².